The fourth-order valence-electron chi connectivity index (χ4n) is 3.36. The molecular formula is C8H17NO6P2S. The number of piperidine rings is 1. The van der Waals surface area contributed by atoms with Crippen LogP contribution in [0.3, 0.4) is 0 Å². The average molecular weight is 317 g/mol. The van der Waals surface area contributed by atoms with Crippen LogP contribution >= 0.6 is 27.8 Å². The summed E-state index contributed by atoms with van der Waals surface area (Å²) in [5.74, 6) is -0.912. The van der Waals surface area contributed by atoms with Gasteiger partial charge in [0.05, 0.1) is 5.37 Å². The molecule has 1 saturated heterocycles. The van der Waals surface area contributed by atoms with Crippen LogP contribution in [0.4, 0.5) is 0 Å². The minimum atomic E-state index is -4.91. The first-order valence-corrected chi connectivity index (χ1v) is 9.38. The molecule has 1 saturated carbocycles. The van der Waals surface area contributed by atoms with Crippen molar-refractivity contribution < 1.29 is 28.7 Å². The molecule has 0 aromatic carbocycles. The molecule has 0 radical (unpaired) electrons. The average Bonchev–Trinajstić information content (AvgIpc) is 2.57. The highest BCUT2D eigenvalue weighted by atomic mass is 32.1. The van der Waals surface area contributed by atoms with Crippen molar-refractivity contribution in [3.8, 4) is 0 Å². The third-order valence-corrected chi connectivity index (χ3v) is 9.44. The van der Waals surface area contributed by atoms with Crippen molar-refractivity contribution in [2.75, 3.05) is 6.54 Å². The van der Waals surface area contributed by atoms with E-state index in [-0.39, 0.29) is 17.7 Å². The Labute approximate surface area is 110 Å². The molecule has 0 aromatic heterocycles. The molecule has 7 nitrogen and oxygen atoms in total. The van der Waals surface area contributed by atoms with Crippen molar-refractivity contribution in [3.05, 3.63) is 0 Å². The predicted molar refractivity (Wildman–Crippen MR) is 68.4 cm³/mol. The number of thiol groups is 1. The van der Waals surface area contributed by atoms with Crippen LogP contribution in [0.15, 0.2) is 0 Å². The molecule has 2 fully saturated rings. The molecule has 3 atom stereocenters. The van der Waals surface area contributed by atoms with Crippen LogP contribution in [0.5, 0.6) is 0 Å². The molecule has 106 valence electrons. The van der Waals surface area contributed by atoms with Gasteiger partial charge < -0.3 is 24.9 Å². The maximum absolute atomic E-state index is 11.7. The second-order valence-corrected chi connectivity index (χ2v) is 9.64. The lowest BCUT2D eigenvalue weighted by Gasteiger charge is -2.41. The zero-order chi connectivity index (χ0) is 13.8. The monoisotopic (exact) mass is 317 g/mol. The molecule has 0 spiro atoms. The highest BCUT2D eigenvalue weighted by molar-refractivity contribution is 7.80. The Morgan fingerprint density at radius 3 is 2.17 bits per heavy atom. The van der Waals surface area contributed by atoms with E-state index in [2.05, 4.69) is 17.9 Å². The summed E-state index contributed by atoms with van der Waals surface area (Å²) in [6.07, 6.45) is 0.551. The highest BCUT2D eigenvalue weighted by Crippen LogP contribution is 2.78. The SMILES string of the molecule is O=P(O)(O)C1(P(=O)(O)O)CCC2C(S)NCCC21. The third-order valence-electron chi connectivity index (χ3n) is 4.18. The fraction of sp³-hybridized carbons (Fsp3) is 1.00. The molecule has 3 unspecified atom stereocenters. The molecule has 0 aromatic rings. The number of nitrogens with one attached hydrogen (secondary N) is 1. The summed E-state index contributed by atoms with van der Waals surface area (Å²) >= 11 is 4.29. The van der Waals surface area contributed by atoms with E-state index in [0.29, 0.717) is 19.4 Å². The van der Waals surface area contributed by atoms with E-state index < -0.39 is 26.0 Å². The fourth-order valence-corrected chi connectivity index (χ4v) is 7.55. The molecule has 5 N–H and O–H groups in total. The minimum absolute atomic E-state index is 0.157. The minimum Gasteiger partial charge on any atom is -0.324 e. The molecule has 2 rings (SSSR count). The van der Waals surface area contributed by atoms with Gasteiger partial charge in [0.15, 0.2) is 4.90 Å². The van der Waals surface area contributed by atoms with Crippen LogP contribution in [0.25, 0.3) is 0 Å². The van der Waals surface area contributed by atoms with E-state index in [1.165, 1.54) is 0 Å². The lowest BCUT2D eigenvalue weighted by atomic mass is 9.89. The summed E-state index contributed by atoms with van der Waals surface area (Å²) in [5.41, 5.74) is 0. The van der Waals surface area contributed by atoms with Crippen molar-refractivity contribution in [3.63, 3.8) is 0 Å². The lowest BCUT2D eigenvalue weighted by Crippen LogP contribution is -2.46. The Bertz CT molecular complexity index is 411. The number of fused-ring (bicyclic) bond motifs is 1. The Balaban J connectivity index is 2.51. The van der Waals surface area contributed by atoms with Gasteiger partial charge in [-0.3, -0.25) is 9.13 Å². The number of rotatable bonds is 2. The van der Waals surface area contributed by atoms with Crippen LogP contribution in [0.1, 0.15) is 19.3 Å². The van der Waals surface area contributed by atoms with E-state index in [1.54, 1.807) is 0 Å². The van der Waals surface area contributed by atoms with Gasteiger partial charge >= 0.3 is 15.2 Å². The van der Waals surface area contributed by atoms with E-state index in [1.807, 2.05) is 0 Å². The van der Waals surface area contributed by atoms with Crippen LogP contribution in [-0.4, -0.2) is 36.4 Å². The molecule has 1 aliphatic carbocycles. The van der Waals surface area contributed by atoms with Crippen LogP contribution in [0.2, 0.25) is 0 Å². The third kappa shape index (κ3) is 2.03. The molecular weight excluding hydrogens is 300 g/mol. The molecule has 0 bridgehead atoms. The lowest BCUT2D eigenvalue weighted by molar-refractivity contribution is 0.223. The summed E-state index contributed by atoms with van der Waals surface area (Å²) in [5, 5.41) is 2.78. The van der Waals surface area contributed by atoms with Crippen LogP contribution < -0.4 is 5.32 Å². The molecule has 10 heteroatoms. The van der Waals surface area contributed by atoms with Crippen LogP contribution in [-0.2, 0) is 9.13 Å². The number of hydrogen-bond acceptors (Lipinski definition) is 4. The maximum Gasteiger partial charge on any atom is 0.344 e. The standard InChI is InChI=1S/C8H17NO6P2S/c10-16(11,12)8(17(13,14)15)3-1-5-6(8)2-4-9-7(5)18/h5-7,9,18H,1-4H2,(H2,10,11,12)(H2,13,14,15). The molecule has 1 heterocycles. The summed E-state index contributed by atoms with van der Waals surface area (Å²) in [4.78, 5) is 35.8. The van der Waals surface area contributed by atoms with Gasteiger partial charge in [0.2, 0.25) is 0 Å². The van der Waals surface area contributed by atoms with Gasteiger partial charge in [-0.05, 0) is 37.6 Å². The summed E-state index contributed by atoms with van der Waals surface area (Å²) in [6.45, 7) is 0.455. The van der Waals surface area contributed by atoms with E-state index in [9.17, 15) is 28.7 Å². The van der Waals surface area contributed by atoms with Gasteiger partial charge in [-0.1, -0.05) is 0 Å². The Hall–Kier alpha value is 0.610. The predicted octanol–water partition coefficient (Wildman–Crippen LogP) is 0.313. The van der Waals surface area contributed by atoms with E-state index >= 15 is 0 Å². The van der Waals surface area contributed by atoms with Crippen molar-refractivity contribution in [2.45, 2.75) is 29.5 Å². The highest BCUT2D eigenvalue weighted by Gasteiger charge is 2.69. The normalized spacial score (nSPS) is 36.4. The first-order chi connectivity index (χ1) is 8.11. The van der Waals surface area contributed by atoms with Crippen LogP contribution in [0, 0.1) is 11.8 Å². The van der Waals surface area contributed by atoms with Gasteiger partial charge in [-0.25, -0.2) is 0 Å². The zero-order valence-corrected chi connectivity index (χ0v) is 12.2. The largest absolute Gasteiger partial charge is 0.344 e. The first-order valence-electron chi connectivity index (χ1n) is 5.64. The van der Waals surface area contributed by atoms with Gasteiger partial charge in [0, 0.05) is 0 Å². The second kappa shape index (κ2) is 4.57. The topological polar surface area (TPSA) is 127 Å². The van der Waals surface area contributed by atoms with Crippen molar-refractivity contribution in [1.82, 2.24) is 5.32 Å². The Morgan fingerprint density at radius 2 is 1.67 bits per heavy atom. The first kappa shape index (κ1) is 15.0. The summed E-state index contributed by atoms with van der Waals surface area (Å²) in [6, 6.07) is 0. The summed E-state index contributed by atoms with van der Waals surface area (Å²) in [7, 11) is -9.81. The molecule has 2 aliphatic rings. The van der Waals surface area contributed by atoms with Crippen molar-refractivity contribution >= 4 is 27.8 Å². The van der Waals surface area contributed by atoms with Gasteiger partial charge in [-0.2, -0.15) is 12.6 Å². The Morgan fingerprint density at radius 1 is 1.11 bits per heavy atom. The molecule has 0 amide bonds. The zero-order valence-electron chi connectivity index (χ0n) is 9.51. The van der Waals surface area contributed by atoms with Gasteiger partial charge in [0.1, 0.15) is 0 Å². The van der Waals surface area contributed by atoms with Gasteiger partial charge in [-0.15, -0.1) is 0 Å². The molecule has 1 aliphatic heterocycles. The number of hydrogen-bond donors (Lipinski definition) is 6. The van der Waals surface area contributed by atoms with Crippen molar-refractivity contribution in [1.29, 1.82) is 0 Å². The van der Waals surface area contributed by atoms with Gasteiger partial charge in [0.25, 0.3) is 0 Å². The van der Waals surface area contributed by atoms with E-state index in [0.717, 1.165) is 0 Å². The molecule has 18 heavy (non-hydrogen) atoms. The second-order valence-electron chi connectivity index (χ2n) is 4.96. The van der Waals surface area contributed by atoms with Crippen molar-refractivity contribution in [2.24, 2.45) is 11.8 Å². The maximum atomic E-state index is 11.7. The smallest absolute Gasteiger partial charge is 0.324 e. The Kier molecular flexibility index (Phi) is 3.81. The van der Waals surface area contributed by atoms with E-state index in [4.69, 9.17) is 0 Å². The quantitative estimate of drug-likeness (QED) is 0.320. The summed E-state index contributed by atoms with van der Waals surface area (Å²) < 4.78 is 23.4.